The third-order valence-electron chi connectivity index (χ3n) is 4.78. The molecule has 132 valence electrons. The van der Waals surface area contributed by atoms with E-state index in [2.05, 4.69) is 10.3 Å². The van der Waals surface area contributed by atoms with E-state index in [1.807, 2.05) is 37.3 Å². The molecule has 6 nitrogen and oxygen atoms in total. The molecule has 0 amide bonds. The van der Waals surface area contributed by atoms with E-state index in [4.69, 9.17) is 0 Å². The topological polar surface area (TPSA) is 87.1 Å². The zero-order valence-corrected chi connectivity index (χ0v) is 14.3. The minimum Gasteiger partial charge on any atom is -0.494 e. The zero-order chi connectivity index (χ0) is 18.3. The Labute approximate surface area is 149 Å². The molecule has 4 rings (SSSR count). The van der Waals surface area contributed by atoms with Crippen molar-refractivity contribution in [2.75, 3.05) is 6.54 Å². The number of aromatic amines is 1. The predicted octanol–water partition coefficient (Wildman–Crippen LogP) is 1.77. The number of H-pyrrole nitrogens is 1. The molecule has 0 saturated carbocycles. The van der Waals surface area contributed by atoms with E-state index in [9.17, 15) is 14.7 Å². The summed E-state index contributed by atoms with van der Waals surface area (Å²) in [5.74, 6) is -0.335. The van der Waals surface area contributed by atoms with Crippen molar-refractivity contribution >= 4 is 0 Å². The molecule has 2 heterocycles. The lowest BCUT2D eigenvalue weighted by Gasteiger charge is -2.27. The monoisotopic (exact) mass is 349 g/mol. The van der Waals surface area contributed by atoms with Gasteiger partial charge in [-0.25, -0.2) is 9.36 Å². The highest BCUT2D eigenvalue weighted by atomic mass is 16.3. The van der Waals surface area contributed by atoms with Gasteiger partial charge in [0.05, 0.1) is 17.3 Å². The number of hydrogen-bond acceptors (Lipinski definition) is 4. The molecule has 3 aromatic rings. The molecule has 1 atom stereocenters. The minimum atomic E-state index is -0.661. The molecule has 26 heavy (non-hydrogen) atoms. The van der Waals surface area contributed by atoms with Gasteiger partial charge in [-0.05, 0) is 42.2 Å². The van der Waals surface area contributed by atoms with Gasteiger partial charge in [-0.3, -0.25) is 9.78 Å². The molecule has 0 radical (unpaired) electrons. The molecule has 0 spiro atoms. The van der Waals surface area contributed by atoms with Crippen molar-refractivity contribution in [2.45, 2.75) is 19.4 Å². The molecule has 2 aromatic carbocycles. The molecule has 6 heteroatoms. The summed E-state index contributed by atoms with van der Waals surface area (Å²) < 4.78 is 1.14. The first-order valence-electron chi connectivity index (χ1n) is 8.52. The van der Waals surface area contributed by atoms with Crippen molar-refractivity contribution in [3.05, 3.63) is 91.6 Å². The lowest BCUT2D eigenvalue weighted by atomic mass is 9.90. The fourth-order valence-corrected chi connectivity index (χ4v) is 3.57. The number of nitrogens with zero attached hydrogens (tertiary/aromatic N) is 1. The maximum atomic E-state index is 12.6. The summed E-state index contributed by atoms with van der Waals surface area (Å²) in [7, 11) is 0. The van der Waals surface area contributed by atoms with Gasteiger partial charge in [0.15, 0.2) is 0 Å². The molecular weight excluding hydrogens is 330 g/mol. The maximum Gasteiger partial charge on any atom is 0.335 e. The Balaban J connectivity index is 1.96. The number of hydrogen-bond donors (Lipinski definition) is 3. The highest BCUT2D eigenvalue weighted by Gasteiger charge is 2.28. The molecule has 1 unspecified atom stereocenters. The highest BCUT2D eigenvalue weighted by Crippen LogP contribution is 2.31. The number of nitrogens with one attached hydrogen (secondary N) is 2. The Morgan fingerprint density at radius 2 is 1.92 bits per heavy atom. The van der Waals surface area contributed by atoms with Crippen molar-refractivity contribution in [3.8, 4) is 11.6 Å². The Bertz CT molecular complexity index is 1100. The number of aromatic hydroxyl groups is 1. The lowest BCUT2D eigenvalue weighted by Crippen LogP contribution is -2.38. The number of rotatable bonds is 2. The third-order valence-corrected chi connectivity index (χ3v) is 4.78. The van der Waals surface area contributed by atoms with Crippen LogP contribution in [0.2, 0.25) is 0 Å². The predicted molar refractivity (Wildman–Crippen MR) is 99.1 cm³/mol. The maximum absolute atomic E-state index is 12.6. The Kier molecular flexibility index (Phi) is 3.97. The summed E-state index contributed by atoms with van der Waals surface area (Å²) in [4.78, 5) is 27.3. The van der Waals surface area contributed by atoms with Gasteiger partial charge in [-0.1, -0.05) is 36.4 Å². The van der Waals surface area contributed by atoms with Gasteiger partial charge in [-0.15, -0.1) is 0 Å². The van der Waals surface area contributed by atoms with Crippen LogP contribution in [0.25, 0.3) is 5.69 Å². The Morgan fingerprint density at radius 3 is 2.73 bits per heavy atom. The molecule has 0 saturated heterocycles. The van der Waals surface area contributed by atoms with Crippen molar-refractivity contribution in [3.63, 3.8) is 0 Å². The molecule has 3 N–H and O–H groups in total. The fraction of sp³-hybridized carbons (Fsp3) is 0.200. The summed E-state index contributed by atoms with van der Waals surface area (Å²) in [5, 5.41) is 14.2. The van der Waals surface area contributed by atoms with Crippen LogP contribution in [0, 0.1) is 6.92 Å². The van der Waals surface area contributed by atoms with Crippen molar-refractivity contribution in [1.82, 2.24) is 14.9 Å². The van der Waals surface area contributed by atoms with Crippen LogP contribution < -0.4 is 16.6 Å². The van der Waals surface area contributed by atoms with Crippen molar-refractivity contribution in [2.24, 2.45) is 0 Å². The summed E-state index contributed by atoms with van der Waals surface area (Å²) in [6.45, 7) is 2.58. The summed E-state index contributed by atoms with van der Waals surface area (Å²) in [6.07, 6.45) is 0.850. The second kappa shape index (κ2) is 6.31. The minimum absolute atomic E-state index is 0.151. The number of benzene rings is 2. The molecule has 1 aliphatic rings. The molecule has 0 fully saturated rings. The second-order valence-corrected chi connectivity index (χ2v) is 6.51. The second-order valence-electron chi connectivity index (χ2n) is 6.51. The van der Waals surface area contributed by atoms with E-state index in [-0.39, 0.29) is 11.4 Å². The van der Waals surface area contributed by atoms with Crippen LogP contribution in [0.4, 0.5) is 0 Å². The van der Waals surface area contributed by atoms with Crippen molar-refractivity contribution < 1.29 is 5.11 Å². The smallest absolute Gasteiger partial charge is 0.335 e. The van der Waals surface area contributed by atoms with E-state index in [0.717, 1.165) is 27.7 Å². The van der Waals surface area contributed by atoms with E-state index in [0.29, 0.717) is 12.2 Å². The number of aromatic nitrogens is 2. The number of aryl methyl sites for hydroxylation is 1. The first-order valence-corrected chi connectivity index (χ1v) is 8.52. The Hall–Kier alpha value is -3.12. The number of fused-ring (bicyclic) bond motifs is 1. The first kappa shape index (κ1) is 16.4. The Morgan fingerprint density at radius 1 is 1.12 bits per heavy atom. The van der Waals surface area contributed by atoms with Crippen LogP contribution in [-0.4, -0.2) is 21.2 Å². The summed E-state index contributed by atoms with van der Waals surface area (Å²) in [6, 6.07) is 14.6. The fourth-order valence-electron chi connectivity index (χ4n) is 3.57. The van der Waals surface area contributed by atoms with Gasteiger partial charge in [0, 0.05) is 6.54 Å². The van der Waals surface area contributed by atoms with Crippen LogP contribution in [0.1, 0.15) is 28.3 Å². The first-order chi connectivity index (χ1) is 12.6. The lowest BCUT2D eigenvalue weighted by molar-refractivity contribution is 0.410. The molecular formula is C20H19N3O3. The van der Waals surface area contributed by atoms with Crippen LogP contribution in [0.3, 0.4) is 0 Å². The van der Waals surface area contributed by atoms with Gasteiger partial charge < -0.3 is 10.4 Å². The van der Waals surface area contributed by atoms with Gasteiger partial charge in [0.1, 0.15) is 0 Å². The average molecular weight is 349 g/mol. The van der Waals surface area contributed by atoms with Crippen LogP contribution >= 0.6 is 0 Å². The summed E-state index contributed by atoms with van der Waals surface area (Å²) >= 11 is 0. The molecule has 1 aliphatic heterocycles. The van der Waals surface area contributed by atoms with Crippen molar-refractivity contribution in [1.29, 1.82) is 0 Å². The van der Waals surface area contributed by atoms with E-state index in [1.165, 1.54) is 0 Å². The quantitative estimate of drug-likeness (QED) is 0.658. The van der Waals surface area contributed by atoms with Gasteiger partial charge in [0.2, 0.25) is 5.88 Å². The van der Waals surface area contributed by atoms with E-state index in [1.54, 1.807) is 18.2 Å². The average Bonchev–Trinajstić information content (AvgIpc) is 2.61. The summed E-state index contributed by atoms with van der Waals surface area (Å²) in [5.41, 5.74) is 2.43. The molecule has 0 bridgehead atoms. The standard InChI is InChI=1S/C20H19N3O3/c1-12-5-4-7-14(11-12)23-19(25)16(18(24)22-20(23)26)17-15-8-3-2-6-13(15)9-10-21-17/h2-8,11,17,21,25H,9-10H2,1H3,(H,22,24,26). The van der Waals surface area contributed by atoms with Crippen LogP contribution in [0.5, 0.6) is 5.88 Å². The largest absolute Gasteiger partial charge is 0.494 e. The normalized spacial score (nSPS) is 16.3. The van der Waals surface area contributed by atoms with Crippen LogP contribution in [0.15, 0.2) is 58.1 Å². The van der Waals surface area contributed by atoms with Gasteiger partial charge >= 0.3 is 5.69 Å². The van der Waals surface area contributed by atoms with Crippen LogP contribution in [-0.2, 0) is 6.42 Å². The SMILES string of the molecule is Cc1cccc(-n2c(O)c(C3NCCc4ccccc43)c(=O)[nH]c2=O)c1. The zero-order valence-electron chi connectivity index (χ0n) is 14.3. The van der Waals surface area contributed by atoms with Gasteiger partial charge in [-0.2, -0.15) is 0 Å². The molecule has 0 aliphatic carbocycles. The molecule has 1 aromatic heterocycles. The van der Waals surface area contributed by atoms with Gasteiger partial charge in [0.25, 0.3) is 5.56 Å². The highest BCUT2D eigenvalue weighted by molar-refractivity contribution is 5.45. The third kappa shape index (κ3) is 2.64. The van der Waals surface area contributed by atoms with E-state index < -0.39 is 17.3 Å². The van der Waals surface area contributed by atoms with E-state index >= 15 is 0 Å².